The second-order valence-electron chi connectivity index (χ2n) is 5.83. The van der Waals surface area contributed by atoms with E-state index in [1.807, 2.05) is 11.0 Å². The summed E-state index contributed by atoms with van der Waals surface area (Å²) in [5.41, 5.74) is 1.59. The lowest BCUT2D eigenvalue weighted by molar-refractivity contribution is -0.147. The molecule has 1 aromatic heterocycles. The van der Waals surface area contributed by atoms with Crippen molar-refractivity contribution in [1.29, 1.82) is 0 Å². The van der Waals surface area contributed by atoms with Crippen LogP contribution in [0.4, 0.5) is 0 Å². The van der Waals surface area contributed by atoms with E-state index in [1.54, 1.807) is 13.3 Å². The summed E-state index contributed by atoms with van der Waals surface area (Å²) < 4.78 is 9.97. The summed E-state index contributed by atoms with van der Waals surface area (Å²) >= 11 is 0. The molecule has 0 unspecified atom stereocenters. The van der Waals surface area contributed by atoms with Crippen LogP contribution in [0.3, 0.4) is 0 Å². The zero-order chi connectivity index (χ0) is 15.7. The summed E-state index contributed by atoms with van der Waals surface area (Å²) in [4.78, 5) is 30.6. The summed E-state index contributed by atoms with van der Waals surface area (Å²) in [5, 5.41) is 0. The molecular weight excluding hydrogens is 284 g/mol. The molecule has 3 heterocycles. The van der Waals surface area contributed by atoms with E-state index in [0.717, 1.165) is 31.2 Å². The number of hydrogen-bond donors (Lipinski definition) is 0. The average Bonchev–Trinajstić information content (AvgIpc) is 2.70. The van der Waals surface area contributed by atoms with E-state index in [0.29, 0.717) is 18.0 Å². The van der Waals surface area contributed by atoms with Gasteiger partial charge < -0.3 is 14.4 Å². The van der Waals surface area contributed by atoms with E-state index in [-0.39, 0.29) is 23.8 Å². The van der Waals surface area contributed by atoms with Crippen molar-refractivity contribution < 1.29 is 19.1 Å². The van der Waals surface area contributed by atoms with Crippen LogP contribution in [0.1, 0.15) is 35.2 Å². The first kappa shape index (κ1) is 14.8. The Morgan fingerprint density at radius 2 is 2.14 bits per heavy atom. The first-order valence-electron chi connectivity index (χ1n) is 7.55. The number of piperidine rings is 1. The Balaban J connectivity index is 1.88. The van der Waals surface area contributed by atoms with Gasteiger partial charge in [0.15, 0.2) is 0 Å². The van der Waals surface area contributed by atoms with Crippen LogP contribution in [0, 0.1) is 5.92 Å². The first-order valence-corrected chi connectivity index (χ1v) is 7.55. The summed E-state index contributed by atoms with van der Waals surface area (Å²) in [6, 6.07) is 2.02. The maximum absolute atomic E-state index is 12.8. The molecule has 0 bridgehead atoms. The van der Waals surface area contributed by atoms with Gasteiger partial charge in [-0.1, -0.05) is 0 Å². The Morgan fingerprint density at radius 3 is 2.86 bits per heavy atom. The van der Waals surface area contributed by atoms with Crippen LogP contribution in [0.5, 0.6) is 5.88 Å². The van der Waals surface area contributed by atoms with Crippen molar-refractivity contribution >= 4 is 11.9 Å². The lowest BCUT2D eigenvalue weighted by Crippen LogP contribution is -2.48. The summed E-state index contributed by atoms with van der Waals surface area (Å²) in [6.45, 7) is 0.432. The topological polar surface area (TPSA) is 68.7 Å². The van der Waals surface area contributed by atoms with Crippen LogP contribution in [-0.2, 0) is 16.0 Å². The highest BCUT2D eigenvalue weighted by Gasteiger charge is 2.37. The molecule has 0 N–H and O–H groups in total. The number of ether oxygens (including phenoxy) is 2. The normalized spacial score (nSPS) is 24.1. The second kappa shape index (κ2) is 5.94. The minimum atomic E-state index is -0.233. The SMILES string of the molecule is COC(=O)[C@H]1CC[C@@H]2CCc3cc(OC)ncc3C(=O)N2C1. The number of fused-ring (bicyclic) bond motifs is 2. The number of rotatable bonds is 2. The number of carbonyl (C=O) groups excluding carboxylic acids is 2. The van der Waals surface area contributed by atoms with Crippen molar-refractivity contribution in [1.82, 2.24) is 9.88 Å². The minimum absolute atomic E-state index is 0.0405. The van der Waals surface area contributed by atoms with Crippen molar-refractivity contribution in [2.45, 2.75) is 31.7 Å². The van der Waals surface area contributed by atoms with Gasteiger partial charge >= 0.3 is 5.97 Å². The molecule has 22 heavy (non-hydrogen) atoms. The molecule has 1 saturated heterocycles. The van der Waals surface area contributed by atoms with Crippen LogP contribution in [0.15, 0.2) is 12.3 Å². The van der Waals surface area contributed by atoms with Crippen molar-refractivity contribution in [2.75, 3.05) is 20.8 Å². The average molecular weight is 304 g/mol. The number of aryl methyl sites for hydroxylation is 1. The highest BCUT2D eigenvalue weighted by Crippen LogP contribution is 2.31. The number of aromatic nitrogens is 1. The molecule has 0 radical (unpaired) electrons. The molecule has 1 fully saturated rings. The summed E-state index contributed by atoms with van der Waals surface area (Å²) in [7, 11) is 2.96. The predicted molar refractivity (Wildman–Crippen MR) is 78.7 cm³/mol. The number of esters is 1. The molecule has 0 spiro atoms. The number of nitrogens with zero attached hydrogens (tertiary/aromatic N) is 2. The Kier molecular flexibility index (Phi) is 4.00. The molecule has 118 valence electrons. The number of amides is 1. The number of carbonyl (C=O) groups is 2. The van der Waals surface area contributed by atoms with Crippen LogP contribution < -0.4 is 4.74 Å². The molecular formula is C16H20N2O4. The fourth-order valence-corrected chi connectivity index (χ4v) is 3.40. The highest BCUT2D eigenvalue weighted by molar-refractivity contribution is 5.96. The smallest absolute Gasteiger partial charge is 0.310 e. The Labute approximate surface area is 129 Å². The van der Waals surface area contributed by atoms with E-state index in [2.05, 4.69) is 4.98 Å². The van der Waals surface area contributed by atoms with Crippen molar-refractivity contribution in [3.8, 4) is 5.88 Å². The predicted octanol–water partition coefficient (Wildman–Crippen LogP) is 1.43. The molecule has 1 amide bonds. The van der Waals surface area contributed by atoms with Crippen molar-refractivity contribution in [3.05, 3.63) is 23.4 Å². The molecule has 6 nitrogen and oxygen atoms in total. The van der Waals surface area contributed by atoms with Gasteiger partial charge in [-0.05, 0) is 31.2 Å². The summed E-state index contributed by atoms with van der Waals surface area (Å²) in [5.74, 6) is 0.0293. The Bertz CT molecular complexity index is 602. The van der Waals surface area contributed by atoms with Crippen LogP contribution >= 0.6 is 0 Å². The minimum Gasteiger partial charge on any atom is -0.481 e. The molecule has 2 aliphatic heterocycles. The fourth-order valence-electron chi connectivity index (χ4n) is 3.40. The highest BCUT2D eigenvalue weighted by atomic mass is 16.5. The molecule has 2 atom stereocenters. The third-order valence-corrected chi connectivity index (χ3v) is 4.65. The number of methoxy groups -OCH3 is 2. The van der Waals surface area contributed by atoms with Crippen LogP contribution in [-0.4, -0.2) is 48.6 Å². The zero-order valence-electron chi connectivity index (χ0n) is 12.9. The van der Waals surface area contributed by atoms with Gasteiger partial charge in [0.05, 0.1) is 25.7 Å². The van der Waals surface area contributed by atoms with Crippen LogP contribution in [0.2, 0.25) is 0 Å². The Hall–Kier alpha value is -2.11. The zero-order valence-corrected chi connectivity index (χ0v) is 12.9. The maximum Gasteiger partial charge on any atom is 0.310 e. The molecule has 0 aromatic carbocycles. The Morgan fingerprint density at radius 1 is 1.32 bits per heavy atom. The molecule has 2 aliphatic rings. The second-order valence-corrected chi connectivity index (χ2v) is 5.83. The number of hydrogen-bond acceptors (Lipinski definition) is 5. The lowest BCUT2D eigenvalue weighted by Gasteiger charge is -2.37. The van der Waals surface area contributed by atoms with Gasteiger partial charge in [0.25, 0.3) is 5.91 Å². The van der Waals surface area contributed by atoms with E-state index in [9.17, 15) is 9.59 Å². The molecule has 0 saturated carbocycles. The van der Waals surface area contributed by atoms with Crippen molar-refractivity contribution in [2.24, 2.45) is 5.92 Å². The third-order valence-electron chi connectivity index (χ3n) is 4.65. The summed E-state index contributed by atoms with van der Waals surface area (Å²) in [6.07, 6.45) is 4.92. The fraction of sp³-hybridized carbons (Fsp3) is 0.562. The van der Waals surface area contributed by atoms with E-state index in [4.69, 9.17) is 9.47 Å². The van der Waals surface area contributed by atoms with Crippen molar-refractivity contribution in [3.63, 3.8) is 0 Å². The maximum atomic E-state index is 12.8. The molecule has 1 aromatic rings. The van der Waals surface area contributed by atoms with Gasteiger partial charge in [-0.25, -0.2) is 4.98 Å². The third kappa shape index (κ3) is 2.53. The first-order chi connectivity index (χ1) is 10.6. The molecule has 3 rings (SSSR count). The quantitative estimate of drug-likeness (QED) is 0.773. The lowest BCUT2D eigenvalue weighted by atomic mass is 9.91. The van der Waals surface area contributed by atoms with E-state index in [1.165, 1.54) is 7.11 Å². The van der Waals surface area contributed by atoms with Crippen LogP contribution in [0.25, 0.3) is 0 Å². The standard InChI is InChI=1S/C16H20N2O4/c1-21-14-7-10-3-5-12-6-4-11(16(20)22-2)9-18(12)15(19)13(10)8-17-14/h7-8,11-12H,3-6,9H2,1-2H3/t11-,12-/m0/s1. The van der Waals surface area contributed by atoms with Gasteiger partial charge in [0.1, 0.15) is 0 Å². The van der Waals surface area contributed by atoms with Gasteiger partial charge in [-0.15, -0.1) is 0 Å². The monoisotopic (exact) mass is 304 g/mol. The largest absolute Gasteiger partial charge is 0.481 e. The van der Waals surface area contributed by atoms with Gasteiger partial charge in [0, 0.05) is 24.8 Å². The molecule has 6 heteroatoms. The number of pyridine rings is 1. The molecule has 0 aliphatic carbocycles. The van der Waals surface area contributed by atoms with Gasteiger partial charge in [-0.3, -0.25) is 9.59 Å². The van der Waals surface area contributed by atoms with Gasteiger partial charge in [0.2, 0.25) is 5.88 Å². The van der Waals surface area contributed by atoms with Gasteiger partial charge in [-0.2, -0.15) is 0 Å². The van der Waals surface area contributed by atoms with E-state index < -0.39 is 0 Å². The van der Waals surface area contributed by atoms with E-state index >= 15 is 0 Å².